The second-order valence-corrected chi connectivity index (χ2v) is 6.26. The van der Waals surface area contributed by atoms with Gasteiger partial charge in [-0.25, -0.2) is 0 Å². The van der Waals surface area contributed by atoms with E-state index in [1.807, 2.05) is 13.8 Å². The summed E-state index contributed by atoms with van der Waals surface area (Å²) in [5.74, 6) is 0.280. The number of aryl methyl sites for hydroxylation is 2. The van der Waals surface area contributed by atoms with Crippen molar-refractivity contribution in [3.8, 4) is 5.75 Å². The zero-order chi connectivity index (χ0) is 18.3. The van der Waals surface area contributed by atoms with Gasteiger partial charge in [0, 0.05) is 12.1 Å². The molecule has 0 saturated heterocycles. The number of nitrogens with one attached hydrogen (secondary N) is 1. The molecule has 1 N–H and O–H groups in total. The van der Waals surface area contributed by atoms with Crippen LogP contribution in [-0.2, 0) is 9.59 Å². The molecule has 134 valence electrons. The van der Waals surface area contributed by atoms with E-state index < -0.39 is 0 Å². The van der Waals surface area contributed by atoms with E-state index in [1.54, 1.807) is 19.1 Å². The van der Waals surface area contributed by atoms with E-state index in [1.165, 1.54) is 0 Å². The lowest BCUT2D eigenvalue weighted by atomic mass is 10.1. The van der Waals surface area contributed by atoms with Crippen LogP contribution >= 0.6 is 0 Å². The number of amides is 1. The van der Waals surface area contributed by atoms with Crippen LogP contribution in [0.5, 0.6) is 5.75 Å². The van der Waals surface area contributed by atoms with E-state index in [0.29, 0.717) is 18.7 Å². The summed E-state index contributed by atoms with van der Waals surface area (Å²) in [6.07, 6.45) is 0.335. The molecular weight excluding hydrogens is 304 g/mol. The largest absolute Gasteiger partial charge is 0.427 e. The summed E-state index contributed by atoms with van der Waals surface area (Å²) < 4.78 is 6.04. The predicted molar refractivity (Wildman–Crippen MR) is 97.2 cm³/mol. The molecule has 1 amide bonds. The quantitative estimate of drug-likeness (QED) is 0.450. The molecule has 0 bridgehead atoms. The molecule has 0 fully saturated rings. The molecule has 0 atom stereocenters. The molecule has 24 heavy (non-hydrogen) atoms. The monoisotopic (exact) mass is 335 g/mol. The highest BCUT2D eigenvalue weighted by Crippen LogP contribution is 2.26. The first kappa shape index (κ1) is 20.2. The van der Waals surface area contributed by atoms with Gasteiger partial charge in [-0.2, -0.15) is 0 Å². The average Bonchev–Trinajstić information content (AvgIpc) is 2.56. The summed E-state index contributed by atoms with van der Waals surface area (Å²) in [6.45, 7) is 15.2. The SMILES string of the molecule is CCC(=O)Oc1cc(C)c(NC(=O)C[N+](CC)(CC)CC)c(C)c1. The van der Waals surface area contributed by atoms with Gasteiger partial charge in [-0.05, 0) is 57.9 Å². The Hall–Kier alpha value is -1.88. The minimum atomic E-state index is -0.262. The smallest absolute Gasteiger partial charge is 0.310 e. The first-order valence-corrected chi connectivity index (χ1v) is 8.77. The van der Waals surface area contributed by atoms with Gasteiger partial charge in [0.2, 0.25) is 0 Å². The second-order valence-electron chi connectivity index (χ2n) is 6.26. The maximum atomic E-state index is 12.5. The van der Waals surface area contributed by atoms with E-state index in [2.05, 4.69) is 26.1 Å². The molecule has 5 heteroatoms. The van der Waals surface area contributed by atoms with Gasteiger partial charge < -0.3 is 14.5 Å². The highest BCUT2D eigenvalue weighted by atomic mass is 16.5. The molecule has 0 aromatic heterocycles. The normalized spacial score (nSPS) is 11.2. The lowest BCUT2D eigenvalue weighted by Crippen LogP contribution is -2.52. The van der Waals surface area contributed by atoms with E-state index in [4.69, 9.17) is 4.74 Å². The minimum Gasteiger partial charge on any atom is -0.427 e. The van der Waals surface area contributed by atoms with E-state index in [9.17, 15) is 9.59 Å². The van der Waals surface area contributed by atoms with Crippen LogP contribution in [0.25, 0.3) is 0 Å². The van der Waals surface area contributed by atoms with Crippen LogP contribution in [0.3, 0.4) is 0 Å². The second kappa shape index (κ2) is 8.83. The Labute approximate surface area is 145 Å². The lowest BCUT2D eigenvalue weighted by Gasteiger charge is -2.35. The van der Waals surface area contributed by atoms with Crippen LogP contribution in [0, 0.1) is 13.8 Å². The number of hydrogen-bond donors (Lipinski definition) is 1. The summed E-state index contributed by atoms with van der Waals surface area (Å²) in [4.78, 5) is 23.9. The Balaban J connectivity index is 2.91. The van der Waals surface area contributed by atoms with Gasteiger partial charge in [-0.3, -0.25) is 9.59 Å². The van der Waals surface area contributed by atoms with Crippen molar-refractivity contribution in [2.24, 2.45) is 0 Å². The molecule has 1 aromatic rings. The number of ether oxygens (including phenoxy) is 1. The number of carbonyl (C=O) groups is 2. The van der Waals surface area contributed by atoms with Crippen molar-refractivity contribution >= 4 is 17.6 Å². The van der Waals surface area contributed by atoms with E-state index in [-0.39, 0.29) is 11.9 Å². The molecule has 1 aromatic carbocycles. The van der Waals surface area contributed by atoms with Crippen LogP contribution in [0.15, 0.2) is 12.1 Å². The number of likely N-dealkylation sites (N-methyl/N-ethyl adjacent to an activating group) is 1. The molecular formula is C19H31N2O3+. The minimum absolute atomic E-state index is 0.0186. The van der Waals surface area contributed by atoms with Gasteiger partial charge in [-0.1, -0.05) is 6.92 Å². The maximum Gasteiger partial charge on any atom is 0.310 e. The van der Waals surface area contributed by atoms with Crippen molar-refractivity contribution in [1.82, 2.24) is 0 Å². The fourth-order valence-electron chi connectivity index (χ4n) is 2.87. The number of nitrogens with zero attached hydrogens (tertiary/aromatic N) is 1. The summed E-state index contributed by atoms with van der Waals surface area (Å²) in [6, 6.07) is 3.58. The van der Waals surface area contributed by atoms with Gasteiger partial charge in [-0.15, -0.1) is 0 Å². The van der Waals surface area contributed by atoms with Gasteiger partial charge in [0.1, 0.15) is 5.75 Å². The zero-order valence-corrected chi connectivity index (χ0v) is 15.9. The van der Waals surface area contributed by atoms with Gasteiger partial charge in [0.25, 0.3) is 5.91 Å². The molecule has 0 aliphatic rings. The number of benzene rings is 1. The maximum absolute atomic E-state index is 12.5. The van der Waals surface area contributed by atoms with Crippen LogP contribution < -0.4 is 10.1 Å². The molecule has 0 aliphatic heterocycles. The molecule has 5 nitrogen and oxygen atoms in total. The van der Waals surface area contributed by atoms with Crippen molar-refractivity contribution in [2.75, 3.05) is 31.5 Å². The van der Waals surface area contributed by atoms with Gasteiger partial charge in [0.15, 0.2) is 6.54 Å². The first-order valence-electron chi connectivity index (χ1n) is 8.77. The van der Waals surface area contributed by atoms with E-state index >= 15 is 0 Å². The summed E-state index contributed by atoms with van der Waals surface area (Å²) in [5, 5.41) is 3.04. The topological polar surface area (TPSA) is 55.4 Å². The Morgan fingerprint density at radius 2 is 1.50 bits per heavy atom. The fraction of sp³-hybridized carbons (Fsp3) is 0.579. The zero-order valence-electron chi connectivity index (χ0n) is 15.9. The van der Waals surface area contributed by atoms with Crippen molar-refractivity contribution in [3.63, 3.8) is 0 Å². The van der Waals surface area contributed by atoms with E-state index in [0.717, 1.165) is 40.9 Å². The predicted octanol–water partition coefficient (Wildman–Crippen LogP) is 3.43. The molecule has 0 unspecified atom stereocenters. The summed E-state index contributed by atoms with van der Waals surface area (Å²) in [5.41, 5.74) is 2.59. The highest BCUT2D eigenvalue weighted by Gasteiger charge is 2.25. The number of anilines is 1. The molecule has 0 heterocycles. The lowest BCUT2D eigenvalue weighted by molar-refractivity contribution is -0.915. The third-order valence-corrected chi connectivity index (χ3v) is 4.78. The van der Waals surface area contributed by atoms with Crippen molar-refractivity contribution in [1.29, 1.82) is 0 Å². The Kier molecular flexibility index (Phi) is 7.42. The number of carbonyl (C=O) groups excluding carboxylic acids is 2. The fourth-order valence-corrected chi connectivity index (χ4v) is 2.87. The Bertz CT molecular complexity index is 561. The summed E-state index contributed by atoms with van der Waals surface area (Å²) in [7, 11) is 0. The third-order valence-electron chi connectivity index (χ3n) is 4.78. The third kappa shape index (κ3) is 5.06. The van der Waals surface area contributed by atoms with Crippen LogP contribution in [0.4, 0.5) is 5.69 Å². The molecule has 0 aliphatic carbocycles. The molecule has 0 spiro atoms. The average molecular weight is 335 g/mol. The van der Waals surface area contributed by atoms with Gasteiger partial charge >= 0.3 is 5.97 Å². The molecule has 0 radical (unpaired) electrons. The number of rotatable bonds is 8. The van der Waals surface area contributed by atoms with Crippen LogP contribution in [0.1, 0.15) is 45.2 Å². The number of hydrogen-bond acceptors (Lipinski definition) is 3. The van der Waals surface area contributed by atoms with Crippen molar-refractivity contribution < 1.29 is 18.8 Å². The molecule has 0 saturated carbocycles. The molecule has 1 rings (SSSR count). The Morgan fingerprint density at radius 3 is 1.92 bits per heavy atom. The summed E-state index contributed by atoms with van der Waals surface area (Å²) >= 11 is 0. The standard InChI is InChI=1S/C19H30N2O3/c1-7-18(23)24-16-11-14(5)19(15(6)12-16)20-17(22)13-21(8-2,9-3)10-4/h11-12H,7-10,13H2,1-6H3/p+1. The number of esters is 1. The van der Waals surface area contributed by atoms with Crippen molar-refractivity contribution in [2.45, 2.75) is 48.0 Å². The highest BCUT2D eigenvalue weighted by molar-refractivity contribution is 5.93. The van der Waals surface area contributed by atoms with Crippen molar-refractivity contribution in [3.05, 3.63) is 23.3 Å². The van der Waals surface area contributed by atoms with Gasteiger partial charge in [0.05, 0.1) is 19.6 Å². The van der Waals surface area contributed by atoms with Crippen LogP contribution in [0.2, 0.25) is 0 Å². The number of quaternary nitrogens is 1. The van der Waals surface area contributed by atoms with Crippen LogP contribution in [-0.4, -0.2) is 42.5 Å². The Morgan fingerprint density at radius 1 is 1.00 bits per heavy atom. The first-order chi connectivity index (χ1) is 11.3.